The van der Waals surface area contributed by atoms with Crippen LogP contribution >= 0.6 is 0 Å². The minimum atomic E-state index is -0.658. The first kappa shape index (κ1) is 40.4. The summed E-state index contributed by atoms with van der Waals surface area (Å²) in [7, 11) is 0. The molecule has 3 aromatic heterocycles. The second-order valence-corrected chi connectivity index (χ2v) is 17.3. The van der Waals surface area contributed by atoms with E-state index >= 15 is 4.39 Å². The summed E-state index contributed by atoms with van der Waals surface area (Å²) in [6.07, 6.45) is 9.79. The number of hydrogen-bond acceptors (Lipinski definition) is 12. The predicted molar refractivity (Wildman–Crippen MR) is 228 cm³/mol. The third kappa shape index (κ3) is 8.08. The number of ketones is 1. The van der Waals surface area contributed by atoms with Crippen LogP contribution in [0.4, 0.5) is 31.9 Å². The maximum Gasteiger partial charge on any atom is 0.263 e. The molecule has 0 radical (unpaired) electrons. The highest BCUT2D eigenvalue weighted by atomic mass is 19.1. The third-order valence-electron chi connectivity index (χ3n) is 13.6. The highest BCUT2D eigenvalue weighted by molar-refractivity contribution is 6.00. The number of carbonyl (C=O) groups excluding carboxylic acids is 2. The summed E-state index contributed by atoms with van der Waals surface area (Å²) in [5, 5.41) is 6.54. The summed E-state index contributed by atoms with van der Waals surface area (Å²) in [5.74, 6) is -0.303. The molecule has 4 aliphatic heterocycles. The van der Waals surface area contributed by atoms with E-state index in [1.165, 1.54) is 13.0 Å². The van der Waals surface area contributed by atoms with Crippen molar-refractivity contribution in [2.75, 3.05) is 100 Å². The van der Waals surface area contributed by atoms with Gasteiger partial charge in [0.2, 0.25) is 5.95 Å². The molecular formula is C44H55F2N11O3. The summed E-state index contributed by atoms with van der Waals surface area (Å²) < 4.78 is 31.9. The molecule has 318 valence electrons. The predicted octanol–water partition coefficient (Wildman–Crippen LogP) is 4.73. The van der Waals surface area contributed by atoms with Crippen molar-refractivity contribution in [1.29, 1.82) is 0 Å². The fraction of sp³-hybridized carbons (Fsp3) is 0.545. The van der Waals surface area contributed by atoms with Crippen molar-refractivity contribution in [1.82, 2.24) is 39.5 Å². The average Bonchev–Trinajstić information content (AvgIpc) is 3.92. The number of amides is 1. The van der Waals surface area contributed by atoms with E-state index in [1.807, 2.05) is 12.3 Å². The van der Waals surface area contributed by atoms with Gasteiger partial charge in [0.05, 0.1) is 23.0 Å². The van der Waals surface area contributed by atoms with Crippen LogP contribution in [-0.4, -0.2) is 131 Å². The summed E-state index contributed by atoms with van der Waals surface area (Å²) in [6.45, 7) is 15.2. The third-order valence-corrected chi connectivity index (χ3v) is 13.6. The lowest BCUT2D eigenvalue weighted by molar-refractivity contribution is 0.0964. The van der Waals surface area contributed by atoms with Crippen molar-refractivity contribution in [2.24, 2.45) is 5.92 Å². The van der Waals surface area contributed by atoms with Gasteiger partial charge in [0.25, 0.3) is 11.5 Å². The van der Waals surface area contributed by atoms with E-state index in [1.54, 1.807) is 22.6 Å². The fourth-order valence-electron chi connectivity index (χ4n) is 10.1. The van der Waals surface area contributed by atoms with Crippen LogP contribution in [0, 0.1) is 24.5 Å². The smallest absolute Gasteiger partial charge is 0.263 e. The SMILES string of the molecule is CC(=O)c1c(C)c2cnc(Nc3ccc(N4CCN(CCN5CCC(CN6CCN(c7c(F)cc8c(c7F)CNC8=O)CC6)CC5)CC4)cn3)nc2n(C2CCCC2)c1=O. The quantitative estimate of drug-likeness (QED) is 0.203. The van der Waals surface area contributed by atoms with Gasteiger partial charge in [-0.25, -0.2) is 18.7 Å². The zero-order chi connectivity index (χ0) is 41.5. The number of anilines is 4. The Labute approximate surface area is 348 Å². The molecule has 9 rings (SSSR count). The lowest BCUT2D eigenvalue weighted by Crippen LogP contribution is -2.50. The molecule has 0 bridgehead atoms. The van der Waals surface area contributed by atoms with Gasteiger partial charge in [0.1, 0.15) is 23.0 Å². The van der Waals surface area contributed by atoms with Crippen LogP contribution < -0.4 is 26.0 Å². The van der Waals surface area contributed by atoms with Crippen molar-refractivity contribution in [2.45, 2.75) is 65.0 Å². The number of nitrogens with one attached hydrogen (secondary N) is 2. The number of carbonyl (C=O) groups is 2. The van der Waals surface area contributed by atoms with E-state index in [4.69, 9.17) is 4.98 Å². The normalized spacial score (nSPS) is 20.0. The Bertz CT molecular complexity index is 2310. The molecule has 0 spiro atoms. The number of fused-ring (bicyclic) bond motifs is 2. The standard InChI is InChI=1S/C44H55F2N11O3/c1-28-34-25-49-44(51-41(34)57(31-5-3-4-6-31)43(60)38(28)29(2)58)50-37-8-7-32(24-47-37)55-19-15-53(16-20-55)14-13-52-11-9-30(10-12-52)27-54-17-21-56(22-18-54)40-36(45)23-33-35(39(40)46)26-48-42(33)59/h7-8,23-25,30-31H,3-6,9-22,26-27H2,1-2H3,(H,48,59)(H,47,49,50,51). The van der Waals surface area contributed by atoms with E-state index in [9.17, 15) is 18.8 Å². The Morgan fingerprint density at radius 2 is 1.53 bits per heavy atom. The molecule has 1 amide bonds. The highest BCUT2D eigenvalue weighted by Crippen LogP contribution is 2.34. The maximum atomic E-state index is 15.2. The van der Waals surface area contributed by atoms with E-state index in [0.29, 0.717) is 42.0 Å². The largest absolute Gasteiger partial charge is 0.368 e. The van der Waals surface area contributed by atoms with Crippen LogP contribution in [0.3, 0.4) is 0 Å². The topological polar surface area (TPSA) is 135 Å². The number of aromatic nitrogens is 4. The van der Waals surface area contributed by atoms with Gasteiger partial charge in [-0.05, 0) is 82.3 Å². The average molecular weight is 824 g/mol. The number of nitrogens with zero attached hydrogens (tertiary/aromatic N) is 9. The monoisotopic (exact) mass is 823 g/mol. The Hall–Kier alpha value is -5.06. The minimum absolute atomic E-state index is 0.00437. The van der Waals surface area contributed by atoms with E-state index < -0.39 is 17.5 Å². The second-order valence-electron chi connectivity index (χ2n) is 17.3. The number of aryl methyl sites for hydroxylation is 1. The number of piperidine rings is 1. The number of hydrogen-bond donors (Lipinski definition) is 2. The van der Waals surface area contributed by atoms with Crippen molar-refractivity contribution >= 4 is 45.9 Å². The van der Waals surface area contributed by atoms with Crippen molar-refractivity contribution in [3.8, 4) is 0 Å². The Morgan fingerprint density at radius 3 is 2.22 bits per heavy atom. The Morgan fingerprint density at radius 1 is 0.850 bits per heavy atom. The van der Waals surface area contributed by atoms with Crippen LogP contribution in [-0.2, 0) is 6.54 Å². The van der Waals surface area contributed by atoms with Gasteiger partial charge in [-0.3, -0.25) is 28.8 Å². The number of halogens is 2. The number of rotatable bonds is 11. The van der Waals surface area contributed by atoms with Gasteiger partial charge in [-0.1, -0.05) is 12.8 Å². The number of benzene rings is 1. The number of likely N-dealkylation sites (tertiary alicyclic amines) is 1. The van der Waals surface area contributed by atoms with Gasteiger partial charge in [0.15, 0.2) is 11.6 Å². The summed E-state index contributed by atoms with van der Waals surface area (Å²) in [6, 6.07) is 5.21. The zero-order valence-corrected chi connectivity index (χ0v) is 34.7. The summed E-state index contributed by atoms with van der Waals surface area (Å²) in [4.78, 5) is 63.7. The van der Waals surface area contributed by atoms with Gasteiger partial charge >= 0.3 is 0 Å². The second kappa shape index (κ2) is 17.1. The van der Waals surface area contributed by atoms with Crippen molar-refractivity contribution in [3.05, 3.63) is 74.8 Å². The molecule has 4 fully saturated rings. The molecular weight excluding hydrogens is 769 g/mol. The molecule has 60 heavy (non-hydrogen) atoms. The van der Waals surface area contributed by atoms with Crippen molar-refractivity contribution in [3.63, 3.8) is 0 Å². The van der Waals surface area contributed by atoms with Crippen molar-refractivity contribution < 1.29 is 18.4 Å². The lowest BCUT2D eigenvalue weighted by Gasteiger charge is -2.40. The molecule has 1 aromatic carbocycles. The molecule has 1 aliphatic carbocycles. The molecule has 5 aliphatic rings. The number of piperazine rings is 2. The molecule has 16 heteroatoms. The molecule has 0 atom stereocenters. The molecule has 14 nitrogen and oxygen atoms in total. The maximum absolute atomic E-state index is 15.2. The lowest BCUT2D eigenvalue weighted by atomic mass is 9.96. The Kier molecular flexibility index (Phi) is 11.5. The Balaban J connectivity index is 0.710. The van der Waals surface area contributed by atoms with Crippen LogP contribution in [0.25, 0.3) is 11.0 Å². The van der Waals surface area contributed by atoms with E-state index in [2.05, 4.69) is 46.3 Å². The molecule has 7 heterocycles. The van der Waals surface area contributed by atoms with E-state index in [-0.39, 0.29) is 46.3 Å². The highest BCUT2D eigenvalue weighted by Gasteiger charge is 2.32. The van der Waals surface area contributed by atoms with Crippen LogP contribution in [0.1, 0.15) is 83.3 Å². The molecule has 1 saturated carbocycles. The van der Waals surface area contributed by atoms with Gasteiger partial charge < -0.3 is 25.3 Å². The molecule has 3 saturated heterocycles. The van der Waals surface area contributed by atoms with E-state index in [0.717, 1.165) is 122 Å². The molecule has 0 unspecified atom stereocenters. The van der Waals surface area contributed by atoms with Gasteiger partial charge in [-0.15, -0.1) is 0 Å². The minimum Gasteiger partial charge on any atom is -0.368 e. The summed E-state index contributed by atoms with van der Waals surface area (Å²) >= 11 is 0. The number of Topliss-reactive ketones (excluding diaryl/α,β-unsaturated/α-hetero) is 1. The first-order valence-corrected chi connectivity index (χ1v) is 21.7. The first-order chi connectivity index (χ1) is 29.1. The summed E-state index contributed by atoms with van der Waals surface area (Å²) in [5.41, 5.74) is 2.60. The first-order valence-electron chi connectivity index (χ1n) is 21.7. The molecule has 2 N–H and O–H groups in total. The zero-order valence-electron chi connectivity index (χ0n) is 34.7. The molecule has 4 aromatic rings. The number of pyridine rings is 2. The van der Waals surface area contributed by atoms with Gasteiger partial charge in [0, 0.05) is 102 Å². The fourth-order valence-corrected chi connectivity index (χ4v) is 10.1. The van der Waals surface area contributed by atoms with Crippen LogP contribution in [0.15, 0.2) is 35.4 Å². The van der Waals surface area contributed by atoms with Crippen LogP contribution in [0.5, 0.6) is 0 Å². The van der Waals surface area contributed by atoms with Crippen LogP contribution in [0.2, 0.25) is 0 Å². The van der Waals surface area contributed by atoms with Gasteiger partial charge in [-0.2, -0.15) is 4.98 Å².